The number of fused-ring (bicyclic) bond motifs is 2. The molecule has 0 unspecified atom stereocenters. The van der Waals surface area contributed by atoms with Crippen molar-refractivity contribution in [3.63, 3.8) is 0 Å². The Balaban J connectivity index is 1.57. The average molecular weight is 467 g/mol. The summed E-state index contributed by atoms with van der Waals surface area (Å²) in [6.07, 6.45) is 1.18. The van der Waals surface area contributed by atoms with E-state index in [2.05, 4.69) is 29.1 Å². The summed E-state index contributed by atoms with van der Waals surface area (Å²) in [6.45, 7) is 7.37. The molecule has 0 saturated heterocycles. The van der Waals surface area contributed by atoms with Gasteiger partial charge in [0.15, 0.2) is 28.5 Å². The number of hydrogen-bond donors (Lipinski definition) is 2. The van der Waals surface area contributed by atoms with Gasteiger partial charge in [-0.25, -0.2) is 4.98 Å². The van der Waals surface area contributed by atoms with Gasteiger partial charge in [0.2, 0.25) is 0 Å². The first-order valence-electron chi connectivity index (χ1n) is 11.3. The van der Waals surface area contributed by atoms with Gasteiger partial charge in [-0.15, -0.1) is 0 Å². The molecule has 0 fully saturated rings. The van der Waals surface area contributed by atoms with Crippen LogP contribution in [0.3, 0.4) is 0 Å². The van der Waals surface area contributed by atoms with Gasteiger partial charge >= 0.3 is 6.08 Å². The van der Waals surface area contributed by atoms with E-state index in [1.54, 1.807) is 6.26 Å². The van der Waals surface area contributed by atoms with Crippen LogP contribution >= 0.6 is 0 Å². The first kappa shape index (κ1) is 22.1. The van der Waals surface area contributed by atoms with Crippen LogP contribution in [-0.2, 0) is 13.0 Å². The highest BCUT2D eigenvalue weighted by Gasteiger charge is 2.22. The summed E-state index contributed by atoms with van der Waals surface area (Å²) < 4.78 is 33.2. The lowest BCUT2D eigenvalue weighted by Gasteiger charge is -2.21. The number of nitrogen functional groups attached to an aromatic ring is 1. The maximum absolute atomic E-state index is 14.0. The average Bonchev–Trinajstić information content (AvgIpc) is 3.45. The molecule has 34 heavy (non-hydrogen) atoms. The molecule has 1 aliphatic heterocycles. The molecule has 0 aliphatic carbocycles. The fourth-order valence-corrected chi connectivity index (χ4v) is 4.10. The third-order valence-corrected chi connectivity index (χ3v) is 5.64. The molecule has 1 aromatic carbocycles. The second kappa shape index (κ2) is 9.30. The fourth-order valence-electron chi connectivity index (χ4n) is 4.10. The van der Waals surface area contributed by atoms with E-state index in [0.29, 0.717) is 72.9 Å². The number of imidazole rings is 1. The Labute approximate surface area is 196 Å². The summed E-state index contributed by atoms with van der Waals surface area (Å²) in [6, 6.07) is 7.60. The van der Waals surface area contributed by atoms with Crippen molar-refractivity contribution in [3.8, 4) is 22.8 Å². The van der Waals surface area contributed by atoms with E-state index in [4.69, 9.17) is 24.6 Å². The highest BCUT2D eigenvalue weighted by atomic mass is 19.1. The molecule has 3 aromatic heterocycles. The summed E-state index contributed by atoms with van der Waals surface area (Å²) in [5.41, 5.74) is 8.56. The molecule has 0 bridgehead atoms. The first-order valence-corrected chi connectivity index (χ1v) is 11.3. The Morgan fingerprint density at radius 2 is 1.94 bits per heavy atom. The van der Waals surface area contributed by atoms with Crippen molar-refractivity contribution < 1.29 is 18.3 Å². The summed E-state index contributed by atoms with van der Waals surface area (Å²) in [7, 11) is 0. The molecule has 0 saturated carbocycles. The van der Waals surface area contributed by atoms with E-state index in [9.17, 15) is 4.39 Å². The number of rotatable bonds is 8. The van der Waals surface area contributed by atoms with Crippen molar-refractivity contribution in [3.05, 3.63) is 48.0 Å². The fraction of sp³-hybridized carbons (Fsp3) is 0.375. The van der Waals surface area contributed by atoms with Crippen LogP contribution in [0.4, 0.5) is 10.2 Å². The number of nitrogens with one attached hydrogen (secondary N) is 1. The summed E-state index contributed by atoms with van der Waals surface area (Å²) >= 11 is 0. The molecule has 4 heterocycles. The number of benzene rings is 1. The smallest absolute Gasteiger partial charge is 0.312 e. The molecule has 10 heteroatoms. The minimum Gasteiger partial charge on any atom is -0.486 e. The van der Waals surface area contributed by atoms with E-state index in [0.717, 1.165) is 17.7 Å². The maximum Gasteiger partial charge on any atom is 0.312 e. The quantitative estimate of drug-likeness (QED) is 0.300. The maximum atomic E-state index is 14.0. The zero-order valence-electron chi connectivity index (χ0n) is 19.2. The molecule has 0 atom stereocenters. The summed E-state index contributed by atoms with van der Waals surface area (Å²) in [4.78, 5) is 12.4. The molecular formula is C24H27FN6O3. The van der Waals surface area contributed by atoms with Crippen molar-refractivity contribution in [2.45, 2.75) is 26.8 Å². The van der Waals surface area contributed by atoms with Crippen LogP contribution in [0.2, 0.25) is 0 Å². The van der Waals surface area contributed by atoms with E-state index in [-0.39, 0.29) is 5.82 Å². The third kappa shape index (κ3) is 4.41. The van der Waals surface area contributed by atoms with Gasteiger partial charge in [0, 0.05) is 25.1 Å². The summed E-state index contributed by atoms with van der Waals surface area (Å²) in [5, 5.41) is 3.41. The van der Waals surface area contributed by atoms with Crippen LogP contribution in [0.1, 0.15) is 25.2 Å². The predicted octanol–water partition coefficient (Wildman–Crippen LogP) is 3.42. The lowest BCUT2D eigenvalue weighted by atomic mass is 10.0. The Bertz CT molecular complexity index is 1300. The number of anilines is 1. The highest BCUT2D eigenvalue weighted by molar-refractivity contribution is 5.82. The number of nitrogens with zero attached hydrogens (tertiary/aromatic N) is 4. The van der Waals surface area contributed by atoms with Gasteiger partial charge in [-0.1, -0.05) is 13.8 Å². The van der Waals surface area contributed by atoms with Crippen molar-refractivity contribution in [2.24, 2.45) is 5.92 Å². The zero-order chi connectivity index (χ0) is 23.7. The standard InChI is InChI=1S/C24H27FN6O3/c1-14(2)13-27-5-6-31-20(28-21-22(26)29-24(25)30-23(21)31)11-15-10-18-19(34-9-8-33-18)12-16(15)17-4-3-7-32-17/h3-4,7,10,12,14,27H,5-6,8-9,11,13H2,1-2H3,(H2,26,29,30). The van der Waals surface area contributed by atoms with Crippen LogP contribution in [0.25, 0.3) is 22.5 Å². The number of nitrogens with two attached hydrogens (primary N) is 1. The normalized spacial score (nSPS) is 13.2. The largest absolute Gasteiger partial charge is 0.486 e. The Morgan fingerprint density at radius 1 is 1.15 bits per heavy atom. The van der Waals surface area contributed by atoms with Crippen LogP contribution in [0.5, 0.6) is 11.5 Å². The van der Waals surface area contributed by atoms with Gasteiger partial charge in [0.05, 0.1) is 6.26 Å². The summed E-state index contributed by atoms with van der Waals surface area (Å²) in [5.74, 6) is 3.28. The predicted molar refractivity (Wildman–Crippen MR) is 125 cm³/mol. The number of furan rings is 1. The van der Waals surface area contributed by atoms with Crippen molar-refractivity contribution >= 4 is 17.0 Å². The van der Waals surface area contributed by atoms with E-state index < -0.39 is 6.08 Å². The number of halogens is 1. The molecule has 9 nitrogen and oxygen atoms in total. The topological polar surface area (TPSA) is 113 Å². The molecule has 3 N–H and O–H groups in total. The Morgan fingerprint density at radius 3 is 2.68 bits per heavy atom. The van der Waals surface area contributed by atoms with Gasteiger partial charge in [-0.2, -0.15) is 14.4 Å². The lowest BCUT2D eigenvalue weighted by Crippen LogP contribution is -2.25. The lowest BCUT2D eigenvalue weighted by molar-refractivity contribution is 0.171. The van der Waals surface area contributed by atoms with Crippen LogP contribution in [0.15, 0.2) is 34.9 Å². The first-order chi connectivity index (χ1) is 16.5. The zero-order valence-corrected chi connectivity index (χ0v) is 19.2. The minimum atomic E-state index is -0.872. The number of aromatic nitrogens is 4. The molecule has 0 radical (unpaired) electrons. The van der Waals surface area contributed by atoms with Crippen LogP contribution in [-0.4, -0.2) is 45.8 Å². The second-order valence-electron chi connectivity index (χ2n) is 8.63. The minimum absolute atomic E-state index is 0.0195. The molecule has 1 aliphatic rings. The molecule has 4 aromatic rings. The molecular weight excluding hydrogens is 439 g/mol. The van der Waals surface area contributed by atoms with E-state index in [1.807, 2.05) is 28.8 Å². The monoisotopic (exact) mass is 466 g/mol. The van der Waals surface area contributed by atoms with Gasteiger partial charge in [-0.3, -0.25) is 0 Å². The molecule has 178 valence electrons. The molecule has 0 spiro atoms. The third-order valence-electron chi connectivity index (χ3n) is 5.64. The Kier molecular flexibility index (Phi) is 6.06. The highest BCUT2D eigenvalue weighted by Crippen LogP contribution is 2.38. The van der Waals surface area contributed by atoms with Crippen LogP contribution < -0.4 is 20.5 Å². The number of hydrogen-bond acceptors (Lipinski definition) is 8. The van der Waals surface area contributed by atoms with E-state index in [1.165, 1.54) is 0 Å². The van der Waals surface area contributed by atoms with Crippen molar-refractivity contribution in [1.29, 1.82) is 0 Å². The Hall–Kier alpha value is -3.66. The van der Waals surface area contributed by atoms with Gasteiger partial charge < -0.3 is 29.5 Å². The molecule has 0 amide bonds. The van der Waals surface area contributed by atoms with Crippen molar-refractivity contribution in [1.82, 2.24) is 24.8 Å². The van der Waals surface area contributed by atoms with E-state index >= 15 is 0 Å². The van der Waals surface area contributed by atoms with Gasteiger partial charge in [0.1, 0.15) is 24.8 Å². The van der Waals surface area contributed by atoms with Gasteiger partial charge in [0.25, 0.3) is 0 Å². The SMILES string of the molecule is CC(C)CNCCn1c(Cc2cc3c(cc2-c2ccco2)OCCO3)nc2c(N)nc(F)nc21. The van der Waals surface area contributed by atoms with Crippen molar-refractivity contribution in [2.75, 3.05) is 32.0 Å². The van der Waals surface area contributed by atoms with Gasteiger partial charge in [-0.05, 0) is 42.3 Å². The van der Waals surface area contributed by atoms with Crippen LogP contribution in [0, 0.1) is 12.0 Å². The second-order valence-corrected chi connectivity index (χ2v) is 8.63. The number of ether oxygens (including phenoxy) is 2. The molecule has 5 rings (SSSR count).